The Morgan fingerprint density at radius 3 is 2.44 bits per heavy atom. The van der Waals surface area contributed by atoms with Crippen LogP contribution in [0, 0.1) is 0 Å². The monoisotopic (exact) mass is 549 g/mol. The Labute approximate surface area is 223 Å². The number of rotatable bonds is 8. The van der Waals surface area contributed by atoms with Crippen LogP contribution < -0.4 is 11.1 Å². The molecule has 8 nitrogen and oxygen atoms in total. The highest BCUT2D eigenvalue weighted by Crippen LogP contribution is 2.31. The van der Waals surface area contributed by atoms with Gasteiger partial charge in [-0.1, -0.05) is 36.4 Å². The largest absolute Gasteiger partial charge is 0.416 e. The Morgan fingerprint density at radius 1 is 1.05 bits per heavy atom. The summed E-state index contributed by atoms with van der Waals surface area (Å²) in [5.74, 6) is -0.467. The molecule has 2 saturated heterocycles. The van der Waals surface area contributed by atoms with Gasteiger partial charge in [0.05, 0.1) is 12.1 Å². The zero-order chi connectivity index (χ0) is 28.2. The standard InChI is InChI=1S/C27H31F4N5O3/c28-14-19-11-20(13-21(12-19)27(29,30)31)15-33-26(39)35-10-8-24(37)36-22(7-4-9-32)25(38)34(17-23(35)36)16-18-5-2-1-3-6-18/h1-3,5-6,11-13,22-23H,4,7-10,14-17,32H2,(H,33,39)/t22-,23?/m0/s1. The first-order valence-corrected chi connectivity index (χ1v) is 12.8. The van der Waals surface area contributed by atoms with E-state index in [0.717, 1.165) is 17.7 Å². The number of halogens is 4. The molecule has 12 heteroatoms. The van der Waals surface area contributed by atoms with Crippen LogP contribution >= 0.6 is 0 Å². The maximum Gasteiger partial charge on any atom is 0.416 e. The molecular weight excluding hydrogens is 518 g/mol. The van der Waals surface area contributed by atoms with Gasteiger partial charge in [-0.05, 0) is 48.2 Å². The normalized spacial score (nSPS) is 19.8. The van der Waals surface area contributed by atoms with Crippen molar-refractivity contribution in [3.63, 3.8) is 0 Å². The van der Waals surface area contributed by atoms with Crippen LogP contribution in [-0.4, -0.2) is 64.4 Å². The number of hydrogen-bond donors (Lipinski definition) is 2. The first-order valence-electron chi connectivity index (χ1n) is 12.8. The number of fused-ring (bicyclic) bond motifs is 1. The molecule has 4 amide bonds. The predicted octanol–water partition coefficient (Wildman–Crippen LogP) is 3.39. The fourth-order valence-corrected chi connectivity index (χ4v) is 5.14. The van der Waals surface area contributed by atoms with Crippen LogP contribution in [0.3, 0.4) is 0 Å². The van der Waals surface area contributed by atoms with Gasteiger partial charge in [0.25, 0.3) is 0 Å². The number of benzene rings is 2. The third kappa shape index (κ3) is 6.49. The minimum absolute atomic E-state index is 0.00453. The summed E-state index contributed by atoms with van der Waals surface area (Å²) in [7, 11) is 0. The molecule has 3 N–H and O–H groups in total. The lowest BCUT2D eigenvalue weighted by Crippen LogP contribution is -2.71. The second-order valence-electron chi connectivity index (χ2n) is 9.70. The fourth-order valence-electron chi connectivity index (χ4n) is 5.14. The van der Waals surface area contributed by atoms with Gasteiger partial charge in [-0.25, -0.2) is 9.18 Å². The number of nitrogens with zero attached hydrogens (tertiary/aromatic N) is 3. The van der Waals surface area contributed by atoms with Gasteiger partial charge in [0.15, 0.2) is 0 Å². The molecule has 39 heavy (non-hydrogen) atoms. The number of carbonyl (C=O) groups excluding carboxylic acids is 3. The van der Waals surface area contributed by atoms with Gasteiger partial charge in [0.1, 0.15) is 18.9 Å². The van der Waals surface area contributed by atoms with E-state index in [0.29, 0.717) is 25.9 Å². The molecule has 2 atom stereocenters. The Bertz CT molecular complexity index is 1190. The van der Waals surface area contributed by atoms with Crippen molar-refractivity contribution in [2.45, 2.75) is 57.4 Å². The smallest absolute Gasteiger partial charge is 0.334 e. The molecule has 2 aliphatic heterocycles. The average Bonchev–Trinajstić information content (AvgIpc) is 2.92. The summed E-state index contributed by atoms with van der Waals surface area (Å²) in [6.07, 6.45) is -4.56. The van der Waals surface area contributed by atoms with Crippen LogP contribution in [0.1, 0.15) is 41.5 Å². The van der Waals surface area contributed by atoms with Crippen LogP contribution in [0.15, 0.2) is 48.5 Å². The number of piperazine rings is 1. The lowest BCUT2D eigenvalue weighted by Gasteiger charge is -2.52. The Kier molecular flexibility index (Phi) is 8.73. The second-order valence-corrected chi connectivity index (χ2v) is 9.70. The molecule has 4 rings (SSSR count). The lowest BCUT2D eigenvalue weighted by atomic mass is 9.99. The van der Waals surface area contributed by atoms with Crippen LogP contribution in [0.5, 0.6) is 0 Å². The van der Waals surface area contributed by atoms with Crippen LogP contribution in [0.2, 0.25) is 0 Å². The first-order chi connectivity index (χ1) is 18.6. The molecule has 0 bridgehead atoms. The molecule has 0 aromatic heterocycles. The number of alkyl halides is 4. The molecular formula is C27H31F4N5O3. The quantitative estimate of drug-likeness (QED) is 0.494. The summed E-state index contributed by atoms with van der Waals surface area (Å²) in [4.78, 5) is 44.2. The number of urea groups is 1. The summed E-state index contributed by atoms with van der Waals surface area (Å²) >= 11 is 0. The highest BCUT2D eigenvalue weighted by molar-refractivity contribution is 5.91. The molecule has 210 valence electrons. The second kappa shape index (κ2) is 12.0. The van der Waals surface area contributed by atoms with E-state index in [1.165, 1.54) is 15.9 Å². The summed E-state index contributed by atoms with van der Waals surface area (Å²) in [5.41, 5.74) is 5.53. The Morgan fingerprint density at radius 2 is 1.77 bits per heavy atom. The van der Waals surface area contributed by atoms with Gasteiger partial charge in [0.2, 0.25) is 11.8 Å². The van der Waals surface area contributed by atoms with Gasteiger partial charge >= 0.3 is 12.2 Å². The number of nitrogens with two attached hydrogens (primary N) is 1. The summed E-state index contributed by atoms with van der Waals surface area (Å²) in [6, 6.07) is 10.8. The van der Waals surface area contributed by atoms with E-state index in [9.17, 15) is 31.9 Å². The van der Waals surface area contributed by atoms with Crippen molar-refractivity contribution < 1.29 is 31.9 Å². The minimum atomic E-state index is -4.66. The van der Waals surface area contributed by atoms with Gasteiger partial charge in [-0.3, -0.25) is 9.59 Å². The van der Waals surface area contributed by atoms with Crippen molar-refractivity contribution in [1.82, 2.24) is 20.0 Å². The predicted molar refractivity (Wildman–Crippen MR) is 134 cm³/mol. The maximum atomic E-state index is 13.4. The van der Waals surface area contributed by atoms with E-state index in [-0.39, 0.29) is 49.0 Å². The third-order valence-electron chi connectivity index (χ3n) is 6.99. The van der Waals surface area contributed by atoms with Crippen LogP contribution in [0.4, 0.5) is 22.4 Å². The van der Waals surface area contributed by atoms with Gasteiger partial charge in [0, 0.05) is 26.1 Å². The van der Waals surface area contributed by atoms with Crippen molar-refractivity contribution in [3.05, 3.63) is 70.8 Å². The molecule has 2 aromatic carbocycles. The van der Waals surface area contributed by atoms with Crippen LogP contribution in [0.25, 0.3) is 0 Å². The molecule has 0 radical (unpaired) electrons. The molecule has 2 fully saturated rings. The number of hydrogen-bond acceptors (Lipinski definition) is 4. The minimum Gasteiger partial charge on any atom is -0.334 e. The highest BCUT2D eigenvalue weighted by atomic mass is 19.4. The fraction of sp³-hybridized carbons (Fsp3) is 0.444. The van der Waals surface area contributed by atoms with Gasteiger partial charge in [-0.15, -0.1) is 0 Å². The number of carbonyl (C=O) groups is 3. The van der Waals surface area contributed by atoms with E-state index in [4.69, 9.17) is 5.73 Å². The van der Waals surface area contributed by atoms with E-state index < -0.39 is 36.7 Å². The molecule has 2 aromatic rings. The van der Waals surface area contributed by atoms with E-state index >= 15 is 0 Å². The number of amides is 4. The van der Waals surface area contributed by atoms with Crippen LogP contribution in [-0.2, 0) is 35.5 Å². The van der Waals surface area contributed by atoms with Crippen molar-refractivity contribution in [3.8, 4) is 0 Å². The van der Waals surface area contributed by atoms with Crippen molar-refractivity contribution in [2.75, 3.05) is 19.6 Å². The molecule has 1 unspecified atom stereocenters. The van der Waals surface area contributed by atoms with Gasteiger partial charge in [-0.2, -0.15) is 13.2 Å². The molecule has 2 aliphatic rings. The summed E-state index contributed by atoms with van der Waals surface area (Å²) < 4.78 is 52.9. The van der Waals surface area contributed by atoms with E-state index in [2.05, 4.69) is 5.32 Å². The molecule has 2 heterocycles. The van der Waals surface area contributed by atoms with Crippen molar-refractivity contribution >= 4 is 17.8 Å². The maximum absolute atomic E-state index is 13.4. The van der Waals surface area contributed by atoms with Crippen molar-refractivity contribution in [1.29, 1.82) is 0 Å². The molecule has 0 saturated carbocycles. The third-order valence-corrected chi connectivity index (χ3v) is 6.99. The Balaban J connectivity index is 1.55. The average molecular weight is 550 g/mol. The van der Waals surface area contributed by atoms with Gasteiger partial charge < -0.3 is 25.8 Å². The summed E-state index contributed by atoms with van der Waals surface area (Å²) in [6.45, 7) is -0.551. The Hall–Kier alpha value is -3.67. The zero-order valence-corrected chi connectivity index (χ0v) is 21.3. The van der Waals surface area contributed by atoms with E-state index in [1.807, 2.05) is 30.3 Å². The lowest BCUT2D eigenvalue weighted by molar-refractivity contribution is -0.167. The molecule has 0 aliphatic carbocycles. The highest BCUT2D eigenvalue weighted by Gasteiger charge is 2.48. The molecule has 0 spiro atoms. The zero-order valence-electron chi connectivity index (χ0n) is 21.3. The van der Waals surface area contributed by atoms with E-state index in [1.54, 1.807) is 4.90 Å². The number of nitrogens with one attached hydrogen (secondary N) is 1. The van der Waals surface area contributed by atoms with Crippen molar-refractivity contribution in [2.24, 2.45) is 5.73 Å². The summed E-state index contributed by atoms with van der Waals surface area (Å²) in [5, 5.41) is 2.62. The first kappa shape index (κ1) is 28.3. The SMILES string of the molecule is NCCC[C@H]1C(=O)N(Cc2ccccc2)CC2N(C(=O)NCc3cc(CF)cc(C(F)(F)F)c3)CCC(=O)N21. The topological polar surface area (TPSA) is 99.0 Å².